The van der Waals surface area contributed by atoms with E-state index in [0.717, 1.165) is 62.6 Å². The molecule has 0 amide bonds. The number of hydrogen-bond acceptors (Lipinski definition) is 10. The highest BCUT2D eigenvalue weighted by Crippen LogP contribution is 2.41. The second kappa shape index (κ2) is 11.9. The first-order valence-electron chi connectivity index (χ1n) is 15.2. The zero-order valence-corrected chi connectivity index (χ0v) is 24.9. The molecule has 2 atom stereocenters. The van der Waals surface area contributed by atoms with Crippen molar-refractivity contribution in [2.75, 3.05) is 31.3 Å². The van der Waals surface area contributed by atoms with E-state index >= 15 is 0 Å². The van der Waals surface area contributed by atoms with E-state index in [-0.39, 0.29) is 31.2 Å². The van der Waals surface area contributed by atoms with Gasteiger partial charge in [0.1, 0.15) is 18.0 Å². The van der Waals surface area contributed by atoms with Crippen LogP contribution in [0.15, 0.2) is 27.6 Å². The fourth-order valence-corrected chi connectivity index (χ4v) is 7.14. The van der Waals surface area contributed by atoms with E-state index in [0.29, 0.717) is 45.9 Å². The molecule has 43 heavy (non-hydrogen) atoms. The summed E-state index contributed by atoms with van der Waals surface area (Å²) < 4.78 is 19.2. The van der Waals surface area contributed by atoms with Crippen molar-refractivity contribution in [1.29, 1.82) is 0 Å². The maximum Gasteiger partial charge on any atom is 0.439 e. The lowest BCUT2D eigenvalue weighted by Crippen LogP contribution is -2.49. The number of aliphatic hydroxyl groups excluding tert-OH is 1. The lowest BCUT2D eigenvalue weighted by atomic mass is 9.83. The summed E-state index contributed by atoms with van der Waals surface area (Å²) in [5.41, 5.74) is 3.05. The molecule has 3 aliphatic rings. The predicted molar refractivity (Wildman–Crippen MR) is 160 cm³/mol. The number of fused-ring (bicyclic) bond motifs is 2. The Morgan fingerprint density at radius 2 is 2.02 bits per heavy atom. The molecule has 0 unspecified atom stereocenters. The van der Waals surface area contributed by atoms with Gasteiger partial charge in [-0.05, 0) is 56.1 Å². The van der Waals surface area contributed by atoms with Crippen LogP contribution in [0.4, 0.5) is 5.95 Å². The number of aromatic nitrogens is 6. The number of ether oxygens (including phenoxy) is 2. The minimum atomic E-state index is -0.673. The van der Waals surface area contributed by atoms with Crippen LogP contribution in [-0.4, -0.2) is 73.3 Å². The Labute approximate surface area is 253 Å². The Morgan fingerprint density at radius 1 is 1.16 bits per heavy atom. The minimum Gasteiger partial charge on any atom is -0.475 e. The van der Waals surface area contributed by atoms with Crippen LogP contribution in [0.3, 0.4) is 0 Å². The molecular formula is C30H36ClN7O5. The van der Waals surface area contributed by atoms with Crippen molar-refractivity contribution < 1.29 is 19.1 Å². The first-order chi connectivity index (χ1) is 21.0. The summed E-state index contributed by atoms with van der Waals surface area (Å²) in [5.74, 6) is 1.95. The molecule has 7 rings (SSSR count). The van der Waals surface area contributed by atoms with Gasteiger partial charge in [0, 0.05) is 19.3 Å². The van der Waals surface area contributed by atoms with Crippen LogP contribution in [0.1, 0.15) is 51.9 Å². The number of imidazole rings is 1. The van der Waals surface area contributed by atoms with Gasteiger partial charge in [-0.25, -0.2) is 19.7 Å². The lowest BCUT2D eigenvalue weighted by molar-refractivity contribution is 0.0247. The van der Waals surface area contributed by atoms with E-state index in [1.54, 1.807) is 6.07 Å². The van der Waals surface area contributed by atoms with E-state index < -0.39 is 5.76 Å². The summed E-state index contributed by atoms with van der Waals surface area (Å²) in [7, 11) is 0. The lowest BCUT2D eigenvalue weighted by Gasteiger charge is -2.39. The number of hydrogen-bond donors (Lipinski definition) is 2. The van der Waals surface area contributed by atoms with E-state index in [1.807, 2.05) is 6.07 Å². The van der Waals surface area contributed by atoms with Gasteiger partial charge in [-0.2, -0.15) is 0 Å². The quantitative estimate of drug-likeness (QED) is 0.294. The second-order valence-electron chi connectivity index (χ2n) is 12.0. The summed E-state index contributed by atoms with van der Waals surface area (Å²) in [4.78, 5) is 31.7. The van der Waals surface area contributed by atoms with Crippen LogP contribution >= 0.6 is 11.6 Å². The fraction of sp³-hybridized carbons (Fsp3) is 0.567. The Kier molecular flexibility index (Phi) is 7.83. The summed E-state index contributed by atoms with van der Waals surface area (Å²) >= 11 is 6.49. The van der Waals surface area contributed by atoms with Crippen molar-refractivity contribution >= 4 is 28.6 Å². The number of nitrogens with one attached hydrogen (secondary N) is 1. The number of morpholine rings is 1. The highest BCUT2D eigenvalue weighted by molar-refractivity contribution is 6.30. The first-order valence-corrected chi connectivity index (χ1v) is 15.6. The molecule has 2 N–H and O–H groups in total. The standard InChI is InChI=1S/C30H36ClN7O5/c1-17-5-7-18(8-6-17)16-38-26-21(34-29(38)37-9-11-41-24-4-2-3-23(24)37)14-22(27-35-30(40)43-36-27)33-25(26)20-13-19(31)15-32-28(20)42-12-10-39/h13-15,17-18,23-24,39H,2-12,16H2,1H3,(H,35,36,40)/t17-,18-,23-,24-/m0/s1. The molecule has 5 heterocycles. The number of halogens is 1. The summed E-state index contributed by atoms with van der Waals surface area (Å²) in [6.45, 7) is 4.42. The fourth-order valence-electron chi connectivity index (χ4n) is 6.98. The average Bonchev–Trinajstić information content (AvgIpc) is 3.76. The van der Waals surface area contributed by atoms with Crippen LogP contribution in [0.25, 0.3) is 33.8 Å². The highest BCUT2D eigenvalue weighted by atomic mass is 35.5. The van der Waals surface area contributed by atoms with Crippen molar-refractivity contribution in [1.82, 2.24) is 29.7 Å². The number of H-pyrrole nitrogens is 1. The number of aliphatic hydroxyl groups is 1. The third-order valence-electron chi connectivity index (χ3n) is 9.11. The van der Waals surface area contributed by atoms with Crippen LogP contribution in [0.2, 0.25) is 5.02 Å². The monoisotopic (exact) mass is 609 g/mol. The molecule has 4 aromatic heterocycles. The van der Waals surface area contributed by atoms with Crippen molar-refractivity contribution in [2.45, 2.75) is 70.6 Å². The molecule has 1 saturated heterocycles. The Morgan fingerprint density at radius 3 is 2.81 bits per heavy atom. The van der Waals surface area contributed by atoms with Crippen LogP contribution < -0.4 is 15.4 Å². The zero-order valence-electron chi connectivity index (χ0n) is 24.2. The number of aromatic amines is 1. The van der Waals surface area contributed by atoms with Gasteiger partial charge < -0.3 is 24.0 Å². The van der Waals surface area contributed by atoms with Crippen molar-refractivity contribution in [3.8, 4) is 28.7 Å². The molecule has 0 spiro atoms. The number of rotatable bonds is 8. The molecule has 0 bridgehead atoms. The van der Waals surface area contributed by atoms with E-state index in [9.17, 15) is 9.90 Å². The summed E-state index contributed by atoms with van der Waals surface area (Å²) in [5, 5.41) is 13.8. The van der Waals surface area contributed by atoms with E-state index in [2.05, 4.69) is 31.5 Å². The van der Waals surface area contributed by atoms with Crippen molar-refractivity contribution in [2.24, 2.45) is 11.8 Å². The molecule has 3 fully saturated rings. The van der Waals surface area contributed by atoms with Crippen LogP contribution in [0, 0.1) is 11.8 Å². The number of pyridine rings is 2. The van der Waals surface area contributed by atoms with Gasteiger partial charge >= 0.3 is 5.76 Å². The topological polar surface area (TPSA) is 144 Å². The van der Waals surface area contributed by atoms with Gasteiger partial charge in [0.05, 0.1) is 47.0 Å². The molecule has 2 aliphatic carbocycles. The molecule has 0 aromatic carbocycles. The third-order valence-corrected chi connectivity index (χ3v) is 9.31. The van der Waals surface area contributed by atoms with Gasteiger partial charge in [-0.15, -0.1) is 0 Å². The largest absolute Gasteiger partial charge is 0.475 e. The van der Waals surface area contributed by atoms with Gasteiger partial charge in [0.15, 0.2) is 0 Å². The maximum atomic E-state index is 11.9. The minimum absolute atomic E-state index is 0.0582. The molecule has 0 radical (unpaired) electrons. The Hall–Kier alpha value is -3.48. The third kappa shape index (κ3) is 5.51. The van der Waals surface area contributed by atoms with Crippen LogP contribution in [0.5, 0.6) is 5.88 Å². The SMILES string of the molecule is C[C@H]1CC[C@H](Cn2c(N3CCO[C@H]4CCC[C@@H]43)nc3cc(-c4noc(=O)[nH]4)nc(-c4cc(Cl)cnc4OCCO)c32)CC1. The Bertz CT molecular complexity index is 1660. The zero-order chi connectivity index (χ0) is 29.5. The first kappa shape index (κ1) is 28.3. The normalized spacial score (nSPS) is 24.0. The summed E-state index contributed by atoms with van der Waals surface area (Å²) in [6, 6.07) is 3.86. The van der Waals surface area contributed by atoms with E-state index in [4.69, 9.17) is 35.6 Å². The van der Waals surface area contributed by atoms with Gasteiger partial charge in [0.25, 0.3) is 0 Å². The van der Waals surface area contributed by atoms with Gasteiger partial charge in [-0.3, -0.25) is 9.51 Å². The maximum absolute atomic E-state index is 11.9. The van der Waals surface area contributed by atoms with E-state index in [1.165, 1.54) is 19.0 Å². The predicted octanol–water partition coefficient (Wildman–Crippen LogP) is 4.45. The number of anilines is 1. The van der Waals surface area contributed by atoms with Gasteiger partial charge in [-0.1, -0.05) is 36.5 Å². The molecule has 2 saturated carbocycles. The number of nitrogens with zero attached hydrogens (tertiary/aromatic N) is 6. The second-order valence-corrected chi connectivity index (χ2v) is 12.4. The molecular weight excluding hydrogens is 574 g/mol. The molecule has 12 nitrogen and oxygen atoms in total. The highest BCUT2D eigenvalue weighted by Gasteiger charge is 2.39. The smallest absolute Gasteiger partial charge is 0.439 e. The molecule has 13 heteroatoms. The molecule has 1 aliphatic heterocycles. The van der Waals surface area contributed by atoms with Crippen molar-refractivity contribution in [3.63, 3.8) is 0 Å². The summed E-state index contributed by atoms with van der Waals surface area (Å²) in [6.07, 6.45) is 9.67. The van der Waals surface area contributed by atoms with Crippen molar-refractivity contribution in [3.05, 3.63) is 33.9 Å². The Balaban J connectivity index is 1.46. The molecule has 4 aromatic rings. The average molecular weight is 610 g/mol. The van der Waals surface area contributed by atoms with Crippen LogP contribution in [-0.2, 0) is 11.3 Å². The molecule has 228 valence electrons. The van der Waals surface area contributed by atoms with Gasteiger partial charge in [0.2, 0.25) is 17.7 Å².